The second-order valence-electron chi connectivity index (χ2n) is 3.40. The van der Waals surface area contributed by atoms with Gasteiger partial charge in [0.1, 0.15) is 0 Å². The van der Waals surface area contributed by atoms with E-state index in [4.69, 9.17) is 9.47 Å². The number of ether oxygens (including phenoxy) is 2. The Balaban J connectivity index is 3.14. The molecule has 1 unspecified atom stereocenters. The Morgan fingerprint density at radius 2 is 1.75 bits per heavy atom. The fourth-order valence-electron chi connectivity index (χ4n) is 1.03. The highest BCUT2D eigenvalue weighted by Crippen LogP contribution is 2.01. The van der Waals surface area contributed by atoms with Gasteiger partial charge in [0.2, 0.25) is 0 Å². The fourth-order valence-corrected chi connectivity index (χ4v) is 1.03. The van der Waals surface area contributed by atoms with Gasteiger partial charge in [0.15, 0.2) is 0 Å². The van der Waals surface area contributed by atoms with Gasteiger partial charge < -0.3 is 9.47 Å². The lowest BCUT2D eigenvalue weighted by molar-refractivity contribution is -0.00315. The lowest BCUT2D eigenvalue weighted by Gasteiger charge is -2.15. The van der Waals surface area contributed by atoms with Crippen LogP contribution in [0.25, 0.3) is 0 Å². The molecule has 0 fully saturated rings. The molecule has 0 bridgehead atoms. The SMILES string of the molecule is CCCOCCC(C)OC(C)C. The molecule has 0 saturated carbocycles. The molecular formula is C10H22O2. The quantitative estimate of drug-likeness (QED) is 0.552. The van der Waals surface area contributed by atoms with E-state index in [9.17, 15) is 0 Å². The molecule has 12 heavy (non-hydrogen) atoms. The summed E-state index contributed by atoms with van der Waals surface area (Å²) < 4.78 is 10.9. The van der Waals surface area contributed by atoms with Crippen LogP contribution in [0, 0.1) is 0 Å². The van der Waals surface area contributed by atoms with Crippen molar-refractivity contribution in [2.45, 2.75) is 52.7 Å². The lowest BCUT2D eigenvalue weighted by Crippen LogP contribution is -2.16. The van der Waals surface area contributed by atoms with Crippen LogP contribution in [0.4, 0.5) is 0 Å². The second kappa shape index (κ2) is 7.56. The third-order valence-corrected chi connectivity index (χ3v) is 1.52. The molecule has 0 radical (unpaired) electrons. The van der Waals surface area contributed by atoms with Crippen LogP contribution in [-0.2, 0) is 9.47 Å². The zero-order valence-electron chi connectivity index (χ0n) is 8.80. The third-order valence-electron chi connectivity index (χ3n) is 1.52. The minimum Gasteiger partial charge on any atom is -0.381 e. The summed E-state index contributed by atoms with van der Waals surface area (Å²) in [5, 5.41) is 0. The van der Waals surface area contributed by atoms with E-state index < -0.39 is 0 Å². The first-order valence-corrected chi connectivity index (χ1v) is 4.90. The highest BCUT2D eigenvalue weighted by molar-refractivity contribution is 4.51. The average Bonchev–Trinajstić information content (AvgIpc) is 1.97. The monoisotopic (exact) mass is 174 g/mol. The molecule has 2 nitrogen and oxygen atoms in total. The molecule has 0 N–H and O–H groups in total. The van der Waals surface area contributed by atoms with E-state index in [0.29, 0.717) is 12.2 Å². The van der Waals surface area contributed by atoms with Gasteiger partial charge in [-0.3, -0.25) is 0 Å². The molecule has 0 spiro atoms. The van der Waals surface area contributed by atoms with E-state index in [1.54, 1.807) is 0 Å². The Bertz CT molecular complexity index is 91.8. The molecule has 0 aliphatic rings. The molecule has 0 saturated heterocycles. The summed E-state index contributed by atoms with van der Waals surface area (Å²) in [5.41, 5.74) is 0. The summed E-state index contributed by atoms with van der Waals surface area (Å²) in [6.07, 6.45) is 2.74. The fraction of sp³-hybridized carbons (Fsp3) is 1.00. The van der Waals surface area contributed by atoms with E-state index >= 15 is 0 Å². The van der Waals surface area contributed by atoms with E-state index in [-0.39, 0.29) is 0 Å². The van der Waals surface area contributed by atoms with Gasteiger partial charge in [0, 0.05) is 13.2 Å². The molecule has 0 aromatic rings. The molecule has 2 heteroatoms. The zero-order chi connectivity index (χ0) is 9.40. The van der Waals surface area contributed by atoms with Crippen molar-refractivity contribution in [3.8, 4) is 0 Å². The van der Waals surface area contributed by atoms with Crippen LogP contribution in [0.5, 0.6) is 0 Å². The van der Waals surface area contributed by atoms with E-state index in [1.165, 1.54) is 0 Å². The van der Waals surface area contributed by atoms with Gasteiger partial charge in [-0.1, -0.05) is 6.92 Å². The predicted molar refractivity (Wildman–Crippen MR) is 51.4 cm³/mol. The highest BCUT2D eigenvalue weighted by Gasteiger charge is 2.03. The smallest absolute Gasteiger partial charge is 0.0572 e. The lowest BCUT2D eigenvalue weighted by atomic mass is 10.3. The molecule has 74 valence electrons. The Morgan fingerprint density at radius 3 is 2.25 bits per heavy atom. The van der Waals surface area contributed by atoms with E-state index in [0.717, 1.165) is 26.1 Å². The summed E-state index contributed by atoms with van der Waals surface area (Å²) >= 11 is 0. The molecule has 0 aliphatic heterocycles. The van der Waals surface area contributed by atoms with Crippen LogP contribution < -0.4 is 0 Å². The van der Waals surface area contributed by atoms with Crippen molar-refractivity contribution < 1.29 is 9.47 Å². The predicted octanol–water partition coefficient (Wildman–Crippen LogP) is 2.62. The molecule has 0 rings (SSSR count). The summed E-state index contributed by atoms with van der Waals surface area (Å²) in [6, 6.07) is 0. The van der Waals surface area contributed by atoms with Gasteiger partial charge in [-0.05, 0) is 33.6 Å². The van der Waals surface area contributed by atoms with Crippen molar-refractivity contribution in [3.63, 3.8) is 0 Å². The molecule has 0 aromatic carbocycles. The summed E-state index contributed by atoms with van der Waals surface area (Å²) in [4.78, 5) is 0. The van der Waals surface area contributed by atoms with E-state index in [2.05, 4.69) is 27.7 Å². The summed E-state index contributed by atoms with van der Waals surface area (Å²) in [7, 11) is 0. The first-order valence-electron chi connectivity index (χ1n) is 4.90. The Morgan fingerprint density at radius 1 is 1.08 bits per heavy atom. The zero-order valence-corrected chi connectivity index (χ0v) is 8.80. The molecule has 0 amide bonds. The van der Waals surface area contributed by atoms with Crippen molar-refractivity contribution in [3.05, 3.63) is 0 Å². The Hall–Kier alpha value is -0.0800. The number of rotatable bonds is 7. The molecule has 0 aliphatic carbocycles. The van der Waals surface area contributed by atoms with Crippen molar-refractivity contribution in [2.24, 2.45) is 0 Å². The van der Waals surface area contributed by atoms with Crippen LogP contribution in [0.15, 0.2) is 0 Å². The standard InChI is InChI=1S/C10H22O2/c1-5-7-11-8-6-10(4)12-9(2)3/h9-10H,5-8H2,1-4H3. The third kappa shape index (κ3) is 8.02. The van der Waals surface area contributed by atoms with Crippen molar-refractivity contribution in [2.75, 3.05) is 13.2 Å². The van der Waals surface area contributed by atoms with Crippen molar-refractivity contribution in [1.29, 1.82) is 0 Å². The van der Waals surface area contributed by atoms with Crippen LogP contribution in [0.3, 0.4) is 0 Å². The Kier molecular flexibility index (Phi) is 7.51. The topological polar surface area (TPSA) is 18.5 Å². The van der Waals surface area contributed by atoms with Crippen molar-refractivity contribution in [1.82, 2.24) is 0 Å². The minimum absolute atomic E-state index is 0.321. The van der Waals surface area contributed by atoms with E-state index in [1.807, 2.05) is 0 Å². The maximum atomic E-state index is 5.55. The van der Waals surface area contributed by atoms with Crippen LogP contribution in [0.1, 0.15) is 40.5 Å². The molecular weight excluding hydrogens is 152 g/mol. The maximum absolute atomic E-state index is 5.55. The van der Waals surface area contributed by atoms with Gasteiger partial charge in [-0.25, -0.2) is 0 Å². The van der Waals surface area contributed by atoms with Crippen molar-refractivity contribution >= 4 is 0 Å². The molecule has 0 aromatic heterocycles. The van der Waals surface area contributed by atoms with Gasteiger partial charge in [-0.15, -0.1) is 0 Å². The van der Waals surface area contributed by atoms with Crippen LogP contribution >= 0.6 is 0 Å². The molecule has 1 atom stereocenters. The van der Waals surface area contributed by atoms with Crippen LogP contribution in [-0.4, -0.2) is 25.4 Å². The van der Waals surface area contributed by atoms with Gasteiger partial charge >= 0.3 is 0 Å². The first kappa shape index (κ1) is 11.9. The minimum atomic E-state index is 0.321. The summed E-state index contributed by atoms with van der Waals surface area (Å²) in [6.45, 7) is 10.0. The van der Waals surface area contributed by atoms with Gasteiger partial charge in [-0.2, -0.15) is 0 Å². The number of hydrogen-bond donors (Lipinski definition) is 0. The normalized spacial score (nSPS) is 13.8. The number of hydrogen-bond acceptors (Lipinski definition) is 2. The molecule has 0 heterocycles. The average molecular weight is 174 g/mol. The van der Waals surface area contributed by atoms with Gasteiger partial charge in [0.25, 0.3) is 0 Å². The maximum Gasteiger partial charge on any atom is 0.0572 e. The Labute approximate surface area is 76.3 Å². The highest BCUT2D eigenvalue weighted by atomic mass is 16.5. The van der Waals surface area contributed by atoms with Gasteiger partial charge in [0.05, 0.1) is 12.2 Å². The summed E-state index contributed by atoms with van der Waals surface area (Å²) in [5.74, 6) is 0. The largest absolute Gasteiger partial charge is 0.381 e. The second-order valence-corrected chi connectivity index (χ2v) is 3.40. The first-order chi connectivity index (χ1) is 5.66. The van der Waals surface area contributed by atoms with Crippen LogP contribution in [0.2, 0.25) is 0 Å².